The molecule has 1 aromatic rings. The molecule has 1 aromatic carbocycles. The fraction of sp³-hybridized carbons (Fsp3) is 0.529. The molecule has 2 unspecified atom stereocenters. The van der Waals surface area contributed by atoms with Crippen LogP contribution in [0.3, 0.4) is 0 Å². The number of ether oxygens (including phenoxy) is 1. The summed E-state index contributed by atoms with van der Waals surface area (Å²) in [5.41, 5.74) is 1.03. The van der Waals surface area contributed by atoms with Crippen molar-refractivity contribution >= 4 is 11.6 Å². The molecule has 0 aromatic heterocycles. The third-order valence-electron chi connectivity index (χ3n) is 4.78. The van der Waals surface area contributed by atoms with Crippen LogP contribution < -0.4 is 4.74 Å². The molecule has 2 atom stereocenters. The lowest BCUT2D eigenvalue weighted by Crippen LogP contribution is -2.30. The molecule has 1 heterocycles. The first-order valence-corrected chi connectivity index (χ1v) is 7.66. The van der Waals surface area contributed by atoms with E-state index in [9.17, 15) is 4.79 Å². The molecule has 2 fully saturated rings. The molecular weight excluding hydrogens is 264 g/mol. The van der Waals surface area contributed by atoms with Gasteiger partial charge in [0.05, 0.1) is 7.11 Å². The largest absolute Gasteiger partial charge is 0.496 e. The highest BCUT2D eigenvalue weighted by Crippen LogP contribution is 2.34. The minimum Gasteiger partial charge on any atom is -0.496 e. The Hall–Kier alpha value is -1.84. The summed E-state index contributed by atoms with van der Waals surface area (Å²) in [5, 5.41) is 8.37. The number of Topliss-reactive ketones (excluding diaryl/α,β-unsaturated/α-hetero) is 1. The third-order valence-corrected chi connectivity index (χ3v) is 4.78. The predicted molar refractivity (Wildman–Crippen MR) is 81.8 cm³/mol. The fourth-order valence-electron chi connectivity index (χ4n) is 3.61. The van der Waals surface area contributed by atoms with Crippen molar-refractivity contribution in [3.8, 4) is 5.75 Å². The monoisotopic (exact) mass is 286 g/mol. The number of likely N-dealkylation sites (tertiary alicyclic amines) is 1. The Morgan fingerprint density at radius 3 is 2.95 bits per heavy atom. The number of hydrogen-bond acceptors (Lipinski definition) is 3. The lowest BCUT2D eigenvalue weighted by Gasteiger charge is -2.21. The Balaban J connectivity index is 1.68. The smallest absolute Gasteiger partial charge is 0.138 e. The first-order chi connectivity index (χ1) is 10.2. The summed E-state index contributed by atoms with van der Waals surface area (Å²) < 4.78 is 5.35. The van der Waals surface area contributed by atoms with Crippen LogP contribution in [0.2, 0.25) is 0 Å². The van der Waals surface area contributed by atoms with Crippen molar-refractivity contribution < 1.29 is 9.53 Å². The van der Waals surface area contributed by atoms with E-state index < -0.39 is 0 Å². The zero-order chi connectivity index (χ0) is 14.8. The highest BCUT2D eigenvalue weighted by atomic mass is 16.5. The number of rotatable bonds is 3. The number of nitrogens with zero attached hydrogens (tertiary/aromatic N) is 1. The van der Waals surface area contributed by atoms with Gasteiger partial charge >= 0.3 is 0 Å². The highest BCUT2D eigenvalue weighted by molar-refractivity contribution is 5.86. The summed E-state index contributed by atoms with van der Waals surface area (Å²) in [7, 11) is 1.66. The van der Waals surface area contributed by atoms with Gasteiger partial charge in [0.15, 0.2) is 0 Å². The lowest BCUT2D eigenvalue weighted by atomic mass is 9.81. The molecule has 1 saturated carbocycles. The summed E-state index contributed by atoms with van der Waals surface area (Å²) >= 11 is 0. The van der Waals surface area contributed by atoms with Gasteiger partial charge in [0.25, 0.3) is 0 Å². The van der Waals surface area contributed by atoms with Gasteiger partial charge in [-0.1, -0.05) is 18.2 Å². The minimum atomic E-state index is 0.164. The van der Waals surface area contributed by atoms with Gasteiger partial charge in [-0.3, -0.25) is 10.2 Å². The maximum atomic E-state index is 12.0. The van der Waals surface area contributed by atoms with E-state index in [1.54, 1.807) is 7.11 Å². The number of carbonyl (C=O) groups excluding carboxylic acids is 1. The van der Waals surface area contributed by atoms with Crippen LogP contribution in [0, 0.1) is 17.2 Å². The van der Waals surface area contributed by atoms with E-state index in [-0.39, 0.29) is 5.92 Å². The van der Waals surface area contributed by atoms with Gasteiger partial charge in [0.2, 0.25) is 0 Å². The minimum absolute atomic E-state index is 0.164. The average Bonchev–Trinajstić information content (AvgIpc) is 2.93. The molecule has 112 valence electrons. The molecular formula is C17H22N2O2. The van der Waals surface area contributed by atoms with Gasteiger partial charge in [-0.2, -0.15) is 0 Å². The number of benzene rings is 1. The molecule has 0 bridgehead atoms. The SMILES string of the molecule is COc1ccccc1CC(=N)N1CC2CCCC(=O)C2C1. The summed E-state index contributed by atoms with van der Waals surface area (Å²) in [5.74, 6) is 2.46. The number of carbonyl (C=O) groups is 1. The lowest BCUT2D eigenvalue weighted by molar-refractivity contribution is -0.125. The Kier molecular flexibility index (Phi) is 3.95. The van der Waals surface area contributed by atoms with Crippen molar-refractivity contribution in [1.82, 2.24) is 4.90 Å². The molecule has 4 heteroatoms. The first kappa shape index (κ1) is 14.1. The second kappa shape index (κ2) is 5.88. The Morgan fingerprint density at radius 2 is 2.19 bits per heavy atom. The summed E-state index contributed by atoms with van der Waals surface area (Å²) in [4.78, 5) is 14.1. The van der Waals surface area contributed by atoms with Crippen molar-refractivity contribution in [2.45, 2.75) is 25.7 Å². The molecule has 0 spiro atoms. The van der Waals surface area contributed by atoms with E-state index in [1.807, 2.05) is 24.3 Å². The molecule has 1 aliphatic carbocycles. The van der Waals surface area contributed by atoms with Gasteiger partial charge in [-0.15, -0.1) is 0 Å². The van der Waals surface area contributed by atoms with Gasteiger partial charge < -0.3 is 9.64 Å². The molecule has 1 saturated heterocycles. The van der Waals surface area contributed by atoms with E-state index in [0.717, 1.165) is 43.7 Å². The Bertz CT molecular complexity index is 555. The van der Waals surface area contributed by atoms with E-state index in [4.69, 9.17) is 10.1 Å². The number of para-hydroxylation sites is 1. The number of ketones is 1. The van der Waals surface area contributed by atoms with Gasteiger partial charge in [0.1, 0.15) is 17.4 Å². The molecule has 1 N–H and O–H groups in total. The quantitative estimate of drug-likeness (QED) is 0.686. The molecule has 3 rings (SSSR count). The average molecular weight is 286 g/mol. The van der Waals surface area contributed by atoms with Crippen molar-refractivity contribution in [3.63, 3.8) is 0 Å². The molecule has 21 heavy (non-hydrogen) atoms. The molecule has 0 amide bonds. The molecule has 1 aliphatic heterocycles. The van der Waals surface area contributed by atoms with Crippen molar-refractivity contribution in [2.75, 3.05) is 20.2 Å². The second-order valence-electron chi connectivity index (χ2n) is 6.07. The van der Waals surface area contributed by atoms with Crippen LogP contribution in [0.5, 0.6) is 5.75 Å². The standard InChI is InChI=1S/C17H22N2O2/c1-21-16-8-3-2-5-12(16)9-17(18)19-10-13-6-4-7-15(20)14(13)11-19/h2-3,5,8,13-14,18H,4,6-7,9-11H2,1H3. The van der Waals surface area contributed by atoms with E-state index in [1.165, 1.54) is 0 Å². The maximum absolute atomic E-state index is 12.0. The van der Waals surface area contributed by atoms with Gasteiger partial charge in [-0.05, 0) is 24.8 Å². The second-order valence-corrected chi connectivity index (χ2v) is 6.07. The third kappa shape index (κ3) is 2.80. The number of fused-ring (bicyclic) bond motifs is 1. The molecule has 2 aliphatic rings. The topological polar surface area (TPSA) is 53.4 Å². The van der Waals surface area contributed by atoms with Gasteiger partial charge in [-0.25, -0.2) is 0 Å². The van der Waals surface area contributed by atoms with Crippen LogP contribution in [0.1, 0.15) is 24.8 Å². The van der Waals surface area contributed by atoms with Crippen LogP contribution in [-0.4, -0.2) is 36.7 Å². The van der Waals surface area contributed by atoms with Gasteiger partial charge in [0, 0.05) is 37.4 Å². The van der Waals surface area contributed by atoms with Crippen molar-refractivity contribution in [2.24, 2.45) is 11.8 Å². The highest BCUT2D eigenvalue weighted by Gasteiger charge is 2.40. The van der Waals surface area contributed by atoms with Crippen LogP contribution in [0.25, 0.3) is 0 Å². The van der Waals surface area contributed by atoms with Crippen molar-refractivity contribution in [1.29, 1.82) is 5.41 Å². The Labute approximate surface area is 125 Å². The summed E-state index contributed by atoms with van der Waals surface area (Å²) in [6.07, 6.45) is 3.45. The number of methoxy groups -OCH3 is 1. The van der Waals surface area contributed by atoms with Crippen LogP contribution in [0.4, 0.5) is 0 Å². The molecule has 0 radical (unpaired) electrons. The maximum Gasteiger partial charge on any atom is 0.138 e. The van der Waals surface area contributed by atoms with Crippen molar-refractivity contribution in [3.05, 3.63) is 29.8 Å². The Morgan fingerprint density at radius 1 is 1.38 bits per heavy atom. The van der Waals surface area contributed by atoms with E-state index in [0.29, 0.717) is 24.0 Å². The van der Waals surface area contributed by atoms with Crippen LogP contribution >= 0.6 is 0 Å². The number of nitrogens with one attached hydrogen (secondary N) is 1. The van der Waals surface area contributed by atoms with Crippen LogP contribution in [-0.2, 0) is 11.2 Å². The van der Waals surface area contributed by atoms with E-state index >= 15 is 0 Å². The normalized spacial score (nSPS) is 24.8. The summed E-state index contributed by atoms with van der Waals surface area (Å²) in [6, 6.07) is 7.84. The zero-order valence-corrected chi connectivity index (χ0v) is 12.5. The number of hydrogen-bond donors (Lipinski definition) is 1. The van der Waals surface area contributed by atoms with Crippen LogP contribution in [0.15, 0.2) is 24.3 Å². The fourth-order valence-corrected chi connectivity index (χ4v) is 3.61. The predicted octanol–water partition coefficient (Wildman–Crippen LogP) is 2.52. The first-order valence-electron chi connectivity index (χ1n) is 7.66. The van der Waals surface area contributed by atoms with E-state index in [2.05, 4.69) is 4.90 Å². The number of amidine groups is 1. The zero-order valence-electron chi connectivity index (χ0n) is 12.5. The summed E-state index contributed by atoms with van der Waals surface area (Å²) in [6.45, 7) is 1.60. The molecule has 4 nitrogen and oxygen atoms in total.